The van der Waals surface area contributed by atoms with Crippen LogP contribution in [0.3, 0.4) is 0 Å². The van der Waals surface area contributed by atoms with Gasteiger partial charge in [-0.05, 0) is 44.5 Å². The van der Waals surface area contributed by atoms with Crippen LogP contribution in [0.15, 0.2) is 48.7 Å². The number of pyridine rings is 1. The van der Waals surface area contributed by atoms with Crippen LogP contribution in [0.1, 0.15) is 31.0 Å². The van der Waals surface area contributed by atoms with Crippen molar-refractivity contribution in [2.24, 2.45) is 0 Å². The van der Waals surface area contributed by atoms with Gasteiger partial charge in [-0.25, -0.2) is 0 Å². The highest BCUT2D eigenvalue weighted by atomic mass is 16.5. The summed E-state index contributed by atoms with van der Waals surface area (Å²) in [6, 6.07) is 15.7. The van der Waals surface area contributed by atoms with Crippen LogP contribution in [0.5, 0.6) is 5.75 Å². The number of hydrogen-bond acceptors (Lipinski definition) is 4. The molecule has 4 heteroatoms. The smallest absolute Gasteiger partial charge is 0.130 e. The number of aromatic nitrogens is 1. The van der Waals surface area contributed by atoms with E-state index in [2.05, 4.69) is 46.0 Å². The first kappa shape index (κ1) is 16.6. The zero-order chi connectivity index (χ0) is 17.1. The molecule has 2 fully saturated rings. The van der Waals surface area contributed by atoms with Crippen molar-refractivity contribution >= 4 is 0 Å². The second kappa shape index (κ2) is 7.54. The Morgan fingerprint density at radius 1 is 1.12 bits per heavy atom. The summed E-state index contributed by atoms with van der Waals surface area (Å²) in [6.07, 6.45) is 4.52. The largest absolute Gasteiger partial charge is 0.487 e. The molecule has 4 rings (SSSR count). The first-order chi connectivity index (χ1) is 12.3. The highest BCUT2D eigenvalue weighted by Crippen LogP contribution is 2.28. The molecule has 1 aromatic carbocycles. The van der Waals surface area contributed by atoms with Crippen LogP contribution in [0.25, 0.3) is 0 Å². The fourth-order valence-corrected chi connectivity index (χ4v) is 4.10. The predicted octanol–water partition coefficient (Wildman–Crippen LogP) is 3.33. The van der Waals surface area contributed by atoms with Gasteiger partial charge in [0.1, 0.15) is 12.4 Å². The van der Waals surface area contributed by atoms with Crippen molar-refractivity contribution < 1.29 is 4.74 Å². The van der Waals surface area contributed by atoms with E-state index in [4.69, 9.17) is 4.74 Å². The fourth-order valence-electron chi connectivity index (χ4n) is 4.10. The molecule has 2 aliphatic heterocycles. The monoisotopic (exact) mass is 337 g/mol. The Balaban J connectivity index is 1.43. The molecule has 0 N–H and O–H groups in total. The average Bonchev–Trinajstić information content (AvgIpc) is 3.09. The number of piperazine rings is 1. The zero-order valence-electron chi connectivity index (χ0n) is 15.0. The van der Waals surface area contributed by atoms with Crippen molar-refractivity contribution in [3.05, 3.63) is 59.9 Å². The van der Waals surface area contributed by atoms with Gasteiger partial charge >= 0.3 is 0 Å². The summed E-state index contributed by atoms with van der Waals surface area (Å²) in [7, 11) is 0. The fraction of sp³-hybridized carbons (Fsp3) is 0.476. The maximum Gasteiger partial charge on any atom is 0.130 e. The Kier molecular flexibility index (Phi) is 4.99. The third-order valence-electron chi connectivity index (χ3n) is 5.51. The maximum atomic E-state index is 6.09. The topological polar surface area (TPSA) is 28.6 Å². The molecule has 0 unspecified atom stereocenters. The molecular formula is C21H27N3O. The van der Waals surface area contributed by atoms with Gasteiger partial charge in [-0.3, -0.25) is 14.8 Å². The van der Waals surface area contributed by atoms with Crippen molar-refractivity contribution in [2.75, 3.05) is 19.6 Å². The first-order valence-corrected chi connectivity index (χ1v) is 9.38. The normalized spacial score (nSPS) is 24.2. The van der Waals surface area contributed by atoms with Crippen molar-refractivity contribution in [3.8, 4) is 5.75 Å². The SMILES string of the molecule is C[C@@H]1CN2CCC[C@@H]2CN1Cc1ccccc1OCc1ccccn1. The lowest BCUT2D eigenvalue weighted by molar-refractivity contribution is 0.0533. The summed E-state index contributed by atoms with van der Waals surface area (Å²) in [4.78, 5) is 9.64. The molecule has 2 saturated heterocycles. The molecule has 1 aromatic heterocycles. The number of para-hydroxylation sites is 1. The van der Waals surface area contributed by atoms with E-state index in [-0.39, 0.29) is 0 Å². The molecule has 0 amide bonds. The van der Waals surface area contributed by atoms with E-state index in [9.17, 15) is 0 Å². The number of hydrogen-bond donors (Lipinski definition) is 0. The predicted molar refractivity (Wildman–Crippen MR) is 99.5 cm³/mol. The van der Waals surface area contributed by atoms with E-state index in [1.54, 1.807) is 0 Å². The van der Waals surface area contributed by atoms with Gasteiger partial charge in [-0.1, -0.05) is 24.3 Å². The van der Waals surface area contributed by atoms with Crippen LogP contribution in [0.2, 0.25) is 0 Å². The Hall–Kier alpha value is -1.91. The van der Waals surface area contributed by atoms with E-state index in [0.717, 1.165) is 24.0 Å². The summed E-state index contributed by atoms with van der Waals surface area (Å²) in [5.74, 6) is 0.981. The van der Waals surface area contributed by atoms with Gasteiger partial charge in [0, 0.05) is 43.5 Å². The third kappa shape index (κ3) is 3.86. The number of rotatable bonds is 5. The van der Waals surface area contributed by atoms with Gasteiger partial charge in [-0.15, -0.1) is 0 Å². The average molecular weight is 337 g/mol. The molecule has 25 heavy (non-hydrogen) atoms. The molecule has 0 radical (unpaired) electrons. The summed E-state index contributed by atoms with van der Waals surface area (Å²) >= 11 is 0. The quantitative estimate of drug-likeness (QED) is 0.837. The van der Waals surface area contributed by atoms with Crippen LogP contribution < -0.4 is 4.74 Å². The lowest BCUT2D eigenvalue weighted by atomic mass is 10.1. The van der Waals surface area contributed by atoms with Gasteiger partial charge in [-0.2, -0.15) is 0 Å². The number of nitrogens with zero attached hydrogens (tertiary/aromatic N) is 3. The lowest BCUT2D eigenvalue weighted by Crippen LogP contribution is -2.54. The molecule has 2 aliphatic rings. The summed E-state index contributed by atoms with van der Waals surface area (Å²) in [6.45, 7) is 7.49. The highest BCUT2D eigenvalue weighted by Gasteiger charge is 2.34. The van der Waals surface area contributed by atoms with E-state index >= 15 is 0 Å². The maximum absolute atomic E-state index is 6.09. The molecule has 0 bridgehead atoms. The van der Waals surface area contributed by atoms with Crippen LogP contribution in [0.4, 0.5) is 0 Å². The molecule has 4 nitrogen and oxygen atoms in total. The van der Waals surface area contributed by atoms with Crippen LogP contribution in [-0.2, 0) is 13.2 Å². The van der Waals surface area contributed by atoms with Crippen molar-refractivity contribution in [2.45, 2.75) is 45.0 Å². The number of benzene rings is 1. The third-order valence-corrected chi connectivity index (χ3v) is 5.51. The minimum atomic E-state index is 0.518. The second-order valence-corrected chi connectivity index (χ2v) is 7.29. The van der Waals surface area contributed by atoms with Crippen LogP contribution in [-0.4, -0.2) is 46.5 Å². The molecule has 132 valence electrons. The number of ether oxygens (including phenoxy) is 1. The highest BCUT2D eigenvalue weighted by molar-refractivity contribution is 5.33. The summed E-state index contributed by atoms with van der Waals surface area (Å²) in [5.41, 5.74) is 2.24. The Morgan fingerprint density at radius 3 is 2.88 bits per heavy atom. The van der Waals surface area contributed by atoms with E-state index in [1.807, 2.05) is 24.4 Å². The van der Waals surface area contributed by atoms with E-state index < -0.39 is 0 Å². The number of fused-ring (bicyclic) bond motifs is 1. The Bertz CT molecular complexity index is 691. The van der Waals surface area contributed by atoms with Crippen molar-refractivity contribution in [1.29, 1.82) is 0 Å². The standard InChI is InChI=1S/C21H27N3O/c1-17-13-23-12-6-9-20(23)15-24(17)14-18-7-2-3-10-21(18)25-16-19-8-4-5-11-22-19/h2-5,7-8,10-11,17,20H,6,9,12-16H2,1H3/t17-,20-/m1/s1. The molecule has 0 spiro atoms. The van der Waals surface area contributed by atoms with E-state index in [0.29, 0.717) is 12.6 Å². The first-order valence-electron chi connectivity index (χ1n) is 9.38. The Labute approximate surface area is 150 Å². The van der Waals surface area contributed by atoms with Crippen LogP contribution in [0, 0.1) is 0 Å². The Morgan fingerprint density at radius 2 is 2.00 bits per heavy atom. The van der Waals surface area contributed by atoms with Gasteiger partial charge in [0.15, 0.2) is 0 Å². The van der Waals surface area contributed by atoms with Gasteiger partial charge in [0.05, 0.1) is 5.69 Å². The molecule has 0 aliphatic carbocycles. The molecule has 3 heterocycles. The second-order valence-electron chi connectivity index (χ2n) is 7.29. The van der Waals surface area contributed by atoms with E-state index in [1.165, 1.54) is 38.0 Å². The van der Waals surface area contributed by atoms with Gasteiger partial charge in [0.25, 0.3) is 0 Å². The van der Waals surface area contributed by atoms with Crippen LogP contribution >= 0.6 is 0 Å². The molecular weight excluding hydrogens is 310 g/mol. The molecule has 0 saturated carbocycles. The minimum Gasteiger partial charge on any atom is -0.487 e. The minimum absolute atomic E-state index is 0.518. The van der Waals surface area contributed by atoms with Crippen molar-refractivity contribution in [1.82, 2.24) is 14.8 Å². The van der Waals surface area contributed by atoms with Crippen molar-refractivity contribution in [3.63, 3.8) is 0 Å². The summed E-state index contributed by atoms with van der Waals surface area (Å²) < 4.78 is 6.09. The lowest BCUT2D eigenvalue weighted by Gasteiger charge is -2.42. The summed E-state index contributed by atoms with van der Waals surface area (Å²) in [5, 5.41) is 0. The zero-order valence-corrected chi connectivity index (χ0v) is 15.0. The molecule has 2 aromatic rings. The molecule has 2 atom stereocenters. The van der Waals surface area contributed by atoms with Gasteiger partial charge < -0.3 is 4.74 Å². The van der Waals surface area contributed by atoms with Gasteiger partial charge in [0.2, 0.25) is 0 Å².